The van der Waals surface area contributed by atoms with Crippen LogP contribution in [0.1, 0.15) is 32.0 Å². The monoisotopic (exact) mass is 478 g/mol. The van der Waals surface area contributed by atoms with Crippen molar-refractivity contribution in [3.63, 3.8) is 0 Å². The largest absolute Gasteiger partial charge is 0.470 e. The molecule has 29 heavy (non-hydrogen) atoms. The molecule has 0 spiro atoms. The van der Waals surface area contributed by atoms with Gasteiger partial charge in [-0.2, -0.15) is 18.3 Å². The number of rotatable bonds is 4. The Labute approximate surface area is 173 Å². The van der Waals surface area contributed by atoms with Gasteiger partial charge in [-0.3, -0.25) is 20.7 Å². The molecule has 1 saturated carbocycles. The summed E-state index contributed by atoms with van der Waals surface area (Å²) in [6.07, 6.45) is -2.36. The molecule has 1 aromatic heterocycles. The fourth-order valence-corrected chi connectivity index (χ4v) is 4.78. The summed E-state index contributed by atoms with van der Waals surface area (Å²) in [4.78, 5) is 9.71. The zero-order valence-corrected chi connectivity index (χ0v) is 17.3. The van der Waals surface area contributed by atoms with Crippen LogP contribution in [0.3, 0.4) is 0 Å². The number of allylic oxidation sites excluding steroid dienone is 1. The number of H-pyrrole nitrogens is 1. The molecule has 1 aromatic rings. The van der Waals surface area contributed by atoms with Crippen LogP contribution in [0.2, 0.25) is 0 Å². The maximum Gasteiger partial charge on any atom is 0.422 e. The topological polar surface area (TPSA) is 102 Å². The minimum Gasteiger partial charge on any atom is -0.470 e. The van der Waals surface area contributed by atoms with Crippen LogP contribution in [0, 0.1) is 5.92 Å². The highest BCUT2D eigenvalue weighted by Crippen LogP contribution is 2.49. The quantitative estimate of drug-likeness (QED) is 0.644. The molecule has 3 heterocycles. The first-order chi connectivity index (χ1) is 13.7. The normalized spacial score (nSPS) is 33.7. The molecular weight excluding hydrogens is 457 g/mol. The van der Waals surface area contributed by atoms with Crippen molar-refractivity contribution < 1.29 is 22.6 Å². The van der Waals surface area contributed by atoms with E-state index < -0.39 is 29.7 Å². The summed E-state index contributed by atoms with van der Waals surface area (Å²) >= 11 is 3.68. The molecule has 8 nitrogen and oxygen atoms in total. The SMILES string of the molecule is CC1CCC(c2ncn[nH]2)(N2C(OC3COC3)=C(C(F)(F)F)C=NC2N)CC1Br. The van der Waals surface area contributed by atoms with Crippen LogP contribution in [0.25, 0.3) is 0 Å². The first kappa shape index (κ1) is 20.6. The Morgan fingerprint density at radius 3 is 2.72 bits per heavy atom. The average Bonchev–Trinajstić information content (AvgIpc) is 3.15. The van der Waals surface area contributed by atoms with E-state index in [1.165, 1.54) is 11.2 Å². The number of nitrogens with zero attached hydrogens (tertiary/aromatic N) is 4. The van der Waals surface area contributed by atoms with E-state index in [-0.39, 0.29) is 23.9 Å². The first-order valence-corrected chi connectivity index (χ1v) is 10.3. The van der Waals surface area contributed by atoms with E-state index in [0.29, 0.717) is 24.6 Å². The van der Waals surface area contributed by atoms with E-state index in [2.05, 4.69) is 43.0 Å². The van der Waals surface area contributed by atoms with Crippen LogP contribution in [0.15, 0.2) is 22.8 Å². The second-order valence-electron chi connectivity index (χ2n) is 7.66. The Hall–Kier alpha value is -1.66. The summed E-state index contributed by atoms with van der Waals surface area (Å²) in [5.41, 5.74) is 4.31. The molecule has 4 atom stereocenters. The Morgan fingerprint density at radius 2 is 2.17 bits per heavy atom. The van der Waals surface area contributed by atoms with Crippen molar-refractivity contribution in [3.8, 4) is 0 Å². The summed E-state index contributed by atoms with van der Waals surface area (Å²) < 4.78 is 52.5. The summed E-state index contributed by atoms with van der Waals surface area (Å²) in [7, 11) is 0. The minimum absolute atomic E-state index is 0.0436. The van der Waals surface area contributed by atoms with Crippen LogP contribution in [0.4, 0.5) is 13.2 Å². The van der Waals surface area contributed by atoms with Gasteiger partial charge in [0.1, 0.15) is 29.4 Å². The average molecular weight is 479 g/mol. The maximum atomic E-state index is 13.9. The van der Waals surface area contributed by atoms with Crippen molar-refractivity contribution in [2.45, 2.75) is 55.1 Å². The Bertz CT molecular complexity index is 798. The van der Waals surface area contributed by atoms with Gasteiger partial charge < -0.3 is 9.47 Å². The molecule has 4 rings (SSSR count). The smallest absolute Gasteiger partial charge is 0.422 e. The molecule has 0 aromatic carbocycles. The molecule has 12 heteroatoms. The van der Waals surface area contributed by atoms with E-state index in [1.54, 1.807) is 0 Å². The highest BCUT2D eigenvalue weighted by atomic mass is 79.9. The number of aromatic nitrogens is 3. The second kappa shape index (κ2) is 7.55. The van der Waals surface area contributed by atoms with Crippen molar-refractivity contribution >= 4 is 22.1 Å². The van der Waals surface area contributed by atoms with E-state index in [9.17, 15) is 13.2 Å². The van der Waals surface area contributed by atoms with Crippen LogP contribution in [0.5, 0.6) is 0 Å². The lowest BCUT2D eigenvalue weighted by Crippen LogP contribution is -2.60. The number of alkyl halides is 4. The standard InChI is InChI=1S/C17H22BrF3N6O2/c1-9-2-3-16(4-12(9)18,14-24-8-25-26-14)27-13(29-10-6-28-7-10)11(17(19,20)21)5-23-15(27)22/h5,8-10,12,15H,2-4,6-7,22H2,1H3,(H,24,25,26). The van der Waals surface area contributed by atoms with Crippen molar-refractivity contribution in [1.82, 2.24) is 20.1 Å². The number of hydrogen-bond donors (Lipinski definition) is 2. The van der Waals surface area contributed by atoms with Crippen molar-refractivity contribution in [1.29, 1.82) is 0 Å². The van der Waals surface area contributed by atoms with Gasteiger partial charge in [-0.15, -0.1) is 0 Å². The number of aliphatic imine (C=N–C) groups is 1. The van der Waals surface area contributed by atoms with Crippen LogP contribution < -0.4 is 5.73 Å². The van der Waals surface area contributed by atoms with E-state index in [1.807, 2.05) is 0 Å². The molecule has 3 N–H and O–H groups in total. The molecule has 0 bridgehead atoms. The fourth-order valence-electron chi connectivity index (χ4n) is 3.98. The highest BCUT2D eigenvalue weighted by molar-refractivity contribution is 9.09. The number of nitrogens with one attached hydrogen (secondary N) is 1. The van der Waals surface area contributed by atoms with Gasteiger partial charge in [-0.05, 0) is 25.2 Å². The molecule has 160 valence electrons. The molecule has 2 fully saturated rings. The van der Waals surface area contributed by atoms with Gasteiger partial charge >= 0.3 is 6.18 Å². The first-order valence-electron chi connectivity index (χ1n) is 9.36. The van der Waals surface area contributed by atoms with Crippen molar-refractivity contribution in [2.24, 2.45) is 16.6 Å². The third-order valence-electron chi connectivity index (χ3n) is 5.74. The van der Waals surface area contributed by atoms with Gasteiger partial charge in [0.25, 0.3) is 0 Å². The zero-order chi connectivity index (χ0) is 20.8. The molecule has 0 radical (unpaired) electrons. The fraction of sp³-hybridized carbons (Fsp3) is 0.706. The van der Waals surface area contributed by atoms with Gasteiger partial charge in [-0.1, -0.05) is 22.9 Å². The van der Waals surface area contributed by atoms with Gasteiger partial charge in [0.05, 0.1) is 13.2 Å². The molecule has 4 unspecified atom stereocenters. The van der Waals surface area contributed by atoms with Crippen molar-refractivity contribution in [2.75, 3.05) is 13.2 Å². The Morgan fingerprint density at radius 1 is 1.41 bits per heavy atom. The van der Waals surface area contributed by atoms with Crippen LogP contribution in [-0.4, -0.2) is 62.9 Å². The Balaban J connectivity index is 1.85. The van der Waals surface area contributed by atoms with Crippen molar-refractivity contribution in [3.05, 3.63) is 23.6 Å². The lowest BCUT2D eigenvalue weighted by atomic mass is 9.75. The van der Waals surface area contributed by atoms with E-state index in [4.69, 9.17) is 15.2 Å². The highest BCUT2D eigenvalue weighted by Gasteiger charge is 2.53. The summed E-state index contributed by atoms with van der Waals surface area (Å²) in [5.74, 6) is 0.443. The molecule has 2 aliphatic heterocycles. The number of hydrogen-bond acceptors (Lipinski definition) is 7. The number of nitrogens with two attached hydrogens (primary N) is 1. The van der Waals surface area contributed by atoms with Gasteiger partial charge in [0.15, 0.2) is 6.29 Å². The lowest BCUT2D eigenvalue weighted by Gasteiger charge is -2.52. The zero-order valence-electron chi connectivity index (χ0n) is 15.7. The number of aromatic amines is 1. The number of ether oxygens (including phenoxy) is 2. The third-order valence-corrected chi connectivity index (χ3v) is 6.97. The number of halogens is 4. The van der Waals surface area contributed by atoms with Crippen LogP contribution >= 0.6 is 15.9 Å². The summed E-state index contributed by atoms with van der Waals surface area (Å²) in [5, 5.41) is 6.77. The van der Waals surface area contributed by atoms with Gasteiger partial charge in [0, 0.05) is 11.0 Å². The Kier molecular flexibility index (Phi) is 5.36. The molecule has 0 amide bonds. The van der Waals surface area contributed by atoms with Gasteiger partial charge in [-0.25, -0.2) is 4.98 Å². The molecule has 1 aliphatic carbocycles. The van der Waals surface area contributed by atoms with E-state index >= 15 is 0 Å². The third kappa shape index (κ3) is 3.66. The van der Waals surface area contributed by atoms with Crippen LogP contribution in [-0.2, 0) is 15.0 Å². The predicted molar refractivity (Wildman–Crippen MR) is 101 cm³/mol. The second-order valence-corrected chi connectivity index (χ2v) is 8.83. The maximum absolute atomic E-state index is 13.9. The van der Waals surface area contributed by atoms with Gasteiger partial charge in [0.2, 0.25) is 5.88 Å². The minimum atomic E-state index is -4.65. The summed E-state index contributed by atoms with van der Waals surface area (Å²) in [6.45, 7) is 2.54. The lowest BCUT2D eigenvalue weighted by molar-refractivity contribution is -0.150. The molecular formula is C17H22BrF3N6O2. The van der Waals surface area contributed by atoms with E-state index in [0.717, 1.165) is 12.6 Å². The predicted octanol–water partition coefficient (Wildman–Crippen LogP) is 2.40. The molecule has 1 saturated heterocycles. The summed E-state index contributed by atoms with van der Waals surface area (Å²) in [6, 6.07) is 0. The molecule has 3 aliphatic rings.